The average molecular weight is 870 g/mol. The summed E-state index contributed by atoms with van der Waals surface area (Å²) in [4.78, 5) is 65.4. The number of rotatable bonds is 18. The summed E-state index contributed by atoms with van der Waals surface area (Å²) in [5, 5.41) is 18.0. The van der Waals surface area contributed by atoms with Crippen LogP contribution in [0.1, 0.15) is 105 Å². The molecule has 0 fully saturated rings. The Morgan fingerprint density at radius 1 is 0.917 bits per heavy atom. The van der Waals surface area contributed by atoms with Gasteiger partial charge in [-0.25, -0.2) is 4.79 Å². The van der Waals surface area contributed by atoms with E-state index in [2.05, 4.69) is 86.0 Å². The molecule has 4 N–H and O–H groups in total. The van der Waals surface area contributed by atoms with E-state index >= 15 is 0 Å². The zero-order valence-corrected chi connectivity index (χ0v) is 40.1. The third-order valence-electron chi connectivity index (χ3n) is 11.9. The molecule has 2 aromatic rings. The molecule has 60 heavy (non-hydrogen) atoms. The highest BCUT2D eigenvalue weighted by Gasteiger charge is 2.48. The minimum Gasteiger partial charge on any atom is -0.540 e. The minimum absolute atomic E-state index is 0.104. The molecular formula is C43H67N5O10Si2. The number of hydrogen-bond acceptors (Lipinski definition) is 10. The quantitative estimate of drug-likeness (QED) is 0.0737. The van der Waals surface area contributed by atoms with Crippen molar-refractivity contribution in [3.8, 4) is 11.5 Å². The number of nitro groups is 1. The average Bonchev–Trinajstić information content (AvgIpc) is 3.57. The molecule has 1 aliphatic rings. The van der Waals surface area contributed by atoms with Gasteiger partial charge in [-0.15, -0.1) is 0 Å². The first kappa shape index (κ1) is 49.6. The Bertz CT molecular complexity index is 1900. The summed E-state index contributed by atoms with van der Waals surface area (Å²) in [5.41, 5.74) is 7.16. The van der Waals surface area contributed by atoms with Gasteiger partial charge >= 0.3 is 6.09 Å². The Morgan fingerprint density at radius 2 is 1.48 bits per heavy atom. The van der Waals surface area contributed by atoms with Gasteiger partial charge < -0.3 is 39.6 Å². The molecular weight excluding hydrogens is 803 g/mol. The zero-order chi connectivity index (χ0) is 45.7. The van der Waals surface area contributed by atoms with Crippen molar-refractivity contribution >= 4 is 57.4 Å². The van der Waals surface area contributed by atoms with Gasteiger partial charge in [-0.2, -0.15) is 0 Å². The van der Waals surface area contributed by atoms with Gasteiger partial charge in [0.2, 0.25) is 5.91 Å². The Morgan fingerprint density at radius 3 is 1.95 bits per heavy atom. The third-order valence-corrected chi connectivity index (χ3v) is 22.4. The number of benzene rings is 2. The lowest BCUT2D eigenvalue weighted by Crippen LogP contribution is -2.50. The molecule has 0 aromatic heterocycles. The van der Waals surface area contributed by atoms with Crippen LogP contribution in [0, 0.1) is 16.0 Å². The summed E-state index contributed by atoms with van der Waals surface area (Å²) in [6.07, 6.45) is -0.145. The van der Waals surface area contributed by atoms with Crippen LogP contribution in [0.25, 0.3) is 5.57 Å². The highest BCUT2D eigenvalue weighted by atomic mass is 28.4. The van der Waals surface area contributed by atoms with Crippen molar-refractivity contribution < 1.29 is 42.4 Å². The van der Waals surface area contributed by atoms with Gasteiger partial charge in [0.25, 0.3) is 25.8 Å². The number of ether oxygens (including phenoxy) is 2. The van der Waals surface area contributed by atoms with E-state index in [1.807, 2.05) is 0 Å². The molecule has 3 atom stereocenters. The van der Waals surface area contributed by atoms with Crippen molar-refractivity contribution in [2.24, 2.45) is 11.7 Å². The van der Waals surface area contributed by atoms with Gasteiger partial charge in [-0.1, -0.05) is 88.3 Å². The summed E-state index contributed by atoms with van der Waals surface area (Å²) >= 11 is 0. The number of methoxy groups -OCH3 is 1. The second-order valence-electron chi connectivity index (χ2n) is 18.4. The molecule has 0 unspecified atom stereocenters. The van der Waals surface area contributed by atoms with Crippen molar-refractivity contribution in [2.75, 3.05) is 19.0 Å². The predicted molar refractivity (Wildman–Crippen MR) is 239 cm³/mol. The lowest BCUT2D eigenvalue weighted by atomic mass is 10.0. The van der Waals surface area contributed by atoms with E-state index in [4.69, 9.17) is 24.1 Å². The molecule has 0 saturated heterocycles. The molecule has 17 heteroatoms. The molecule has 4 amide bonds. The number of nitrogens with one attached hydrogen (secondary N) is 2. The van der Waals surface area contributed by atoms with Crippen molar-refractivity contribution in [3.63, 3.8) is 0 Å². The number of amides is 4. The number of hydrogen-bond donors (Lipinski definition) is 3. The smallest absolute Gasteiger partial charge is 0.405 e. The Labute approximate surface area is 357 Å². The lowest BCUT2D eigenvalue weighted by molar-refractivity contribution is -0.385. The summed E-state index contributed by atoms with van der Waals surface area (Å²) in [6.45, 7) is 28.5. The molecule has 0 saturated carbocycles. The van der Waals surface area contributed by atoms with E-state index < -0.39 is 63.6 Å². The molecule has 0 spiro atoms. The maximum atomic E-state index is 14.7. The van der Waals surface area contributed by atoms with Crippen LogP contribution in [0.3, 0.4) is 0 Å². The number of primary amides is 1. The molecule has 1 heterocycles. The fraction of sp³-hybridized carbons (Fsp3) is 0.581. The molecule has 332 valence electrons. The number of nitrogens with zero attached hydrogens (tertiary/aromatic N) is 2. The van der Waals surface area contributed by atoms with Crippen LogP contribution in [0.2, 0.25) is 34.8 Å². The fourth-order valence-corrected chi connectivity index (χ4v) is 13.8. The number of carbonyl (C=O) groups is 4. The van der Waals surface area contributed by atoms with E-state index in [1.165, 1.54) is 31.1 Å². The van der Waals surface area contributed by atoms with E-state index in [9.17, 15) is 29.3 Å². The molecule has 0 aliphatic carbocycles. The summed E-state index contributed by atoms with van der Waals surface area (Å²) in [5.74, 6) is -1.62. The molecule has 0 radical (unpaired) electrons. The first-order chi connectivity index (χ1) is 27.7. The topological polar surface area (TPSA) is 202 Å². The number of nitrogens with two attached hydrogens (primary N) is 1. The van der Waals surface area contributed by atoms with Crippen LogP contribution in [0.15, 0.2) is 42.6 Å². The largest absolute Gasteiger partial charge is 0.540 e. The summed E-state index contributed by atoms with van der Waals surface area (Å²) in [6, 6.07) is 8.29. The zero-order valence-electron chi connectivity index (χ0n) is 38.1. The second-order valence-corrected chi connectivity index (χ2v) is 28.6. The van der Waals surface area contributed by atoms with Crippen LogP contribution >= 0.6 is 0 Å². The molecule has 2 aromatic carbocycles. The number of carbonyl (C=O) groups excluding carboxylic acids is 4. The van der Waals surface area contributed by atoms with Gasteiger partial charge in [0, 0.05) is 18.0 Å². The Hall–Kier alpha value is -4.75. The predicted octanol–water partition coefficient (Wildman–Crippen LogP) is 9.00. The first-order valence-electron chi connectivity index (χ1n) is 20.6. The van der Waals surface area contributed by atoms with E-state index in [0.29, 0.717) is 12.1 Å². The summed E-state index contributed by atoms with van der Waals surface area (Å²) < 4.78 is 24.2. The third kappa shape index (κ3) is 11.3. The SMILES string of the molecule is COc1cc(C(=O)N2C=C(c3ccc(NC(=O)[C@H](C)NC(=O)[C@@H](OC(N)=O)C(C)C)cc3)C[C@H]2CO[Si](C)(C)C(C)(C)C)c([N+](=O)[O-])cc1O[Si](C(C)C)(C(C)C)C(C)C. The maximum absolute atomic E-state index is 14.7. The van der Waals surface area contributed by atoms with Gasteiger partial charge in [0.15, 0.2) is 25.9 Å². The van der Waals surface area contributed by atoms with Crippen LogP contribution in [-0.2, 0) is 18.8 Å². The Balaban J connectivity index is 2.01. The lowest BCUT2D eigenvalue weighted by Gasteiger charge is -2.42. The molecule has 0 bridgehead atoms. The van der Waals surface area contributed by atoms with E-state index in [-0.39, 0.29) is 56.9 Å². The van der Waals surface area contributed by atoms with Gasteiger partial charge in [0.1, 0.15) is 11.6 Å². The van der Waals surface area contributed by atoms with E-state index in [0.717, 1.165) is 11.1 Å². The molecule has 1 aliphatic heterocycles. The highest BCUT2D eigenvalue weighted by Crippen LogP contribution is 2.47. The van der Waals surface area contributed by atoms with Gasteiger partial charge in [-0.05, 0) is 77.3 Å². The van der Waals surface area contributed by atoms with Crippen molar-refractivity contribution in [1.82, 2.24) is 10.2 Å². The second kappa shape index (κ2) is 19.8. The van der Waals surface area contributed by atoms with Crippen LogP contribution in [0.5, 0.6) is 11.5 Å². The van der Waals surface area contributed by atoms with Crippen LogP contribution < -0.4 is 25.5 Å². The van der Waals surface area contributed by atoms with Crippen molar-refractivity contribution in [1.29, 1.82) is 0 Å². The number of anilines is 1. The van der Waals surface area contributed by atoms with E-state index in [1.54, 1.807) is 44.3 Å². The first-order valence-corrected chi connectivity index (χ1v) is 25.6. The monoisotopic (exact) mass is 869 g/mol. The fourth-order valence-electron chi connectivity index (χ4n) is 7.55. The molecule has 15 nitrogen and oxygen atoms in total. The van der Waals surface area contributed by atoms with Crippen LogP contribution in [0.4, 0.5) is 16.2 Å². The summed E-state index contributed by atoms with van der Waals surface area (Å²) in [7, 11) is -3.38. The van der Waals surface area contributed by atoms with Crippen molar-refractivity contribution in [2.45, 2.75) is 142 Å². The maximum Gasteiger partial charge on any atom is 0.405 e. The van der Waals surface area contributed by atoms with Crippen LogP contribution in [-0.4, -0.2) is 82.2 Å². The normalized spacial score (nSPS) is 15.8. The Kier molecular flexibility index (Phi) is 16.3. The standard InChI is InChI=1S/C43H67N5O10Si2/c1-25(2)38(57-42(44)52)40(50)45-29(9)39(49)46-32-18-16-30(17-19-32)31-20-33(24-56-59(14,15)43(10,11)12)47(23-31)41(51)34-21-36(55-13)37(22-35(34)48(53)54)58-60(26(3)4,27(5)6)28(7)8/h16-19,21-23,25-29,33,38H,20,24H2,1-15H3,(H2,44,52)(H,45,50)(H,46,49)/t29-,33-,38-/m0/s1. The van der Waals surface area contributed by atoms with Crippen molar-refractivity contribution in [3.05, 3.63) is 63.8 Å². The minimum atomic E-state index is -2.56. The van der Waals surface area contributed by atoms with Gasteiger partial charge in [-0.3, -0.25) is 24.5 Å². The highest BCUT2D eigenvalue weighted by molar-refractivity contribution is 6.78. The molecule has 3 rings (SSSR count). The number of nitro benzene ring substituents is 1. The van der Waals surface area contributed by atoms with Gasteiger partial charge in [0.05, 0.1) is 30.7 Å².